The van der Waals surface area contributed by atoms with Crippen LogP contribution < -0.4 is 10.6 Å². The summed E-state index contributed by atoms with van der Waals surface area (Å²) in [5.41, 5.74) is 0. The molecule has 0 unspecified atom stereocenters. The molecular formula is C34H58N2O26. The van der Waals surface area contributed by atoms with Crippen molar-refractivity contribution in [1.82, 2.24) is 10.6 Å². The van der Waals surface area contributed by atoms with Crippen molar-refractivity contribution in [1.29, 1.82) is 0 Å². The van der Waals surface area contributed by atoms with Crippen LogP contribution in [0.2, 0.25) is 0 Å². The van der Waals surface area contributed by atoms with E-state index in [-0.39, 0.29) is 0 Å². The Morgan fingerprint density at radius 1 is 0.419 bits per heavy atom. The van der Waals surface area contributed by atoms with Crippen LogP contribution >= 0.6 is 0 Å². The predicted octanol–water partition coefficient (Wildman–Crippen LogP) is -11.6. The SMILES string of the molecule is CC(=O)N[C@@H]1[C@@H](O)[C@H](O[C@H]2O[C@H](CO)[C@@H](O[C@H]3O[C@H](CO[C@H]4O[C@H](CO)[C@@H](O)[C@H](O)[C@@H]4O)[C@@H](O)[C@H](O[C@H]4O[C@H](CO)[C@@H](O)[C@H](O)[C@@H]4O)[C@@H]3O)[C@H](O)[C@H]2NC(C)=O)[C@@H](CO)O[C@H]1O. The Balaban J connectivity index is 1.41. The van der Waals surface area contributed by atoms with E-state index >= 15 is 0 Å². The molecule has 0 radical (unpaired) electrons. The average Bonchev–Trinajstić information content (AvgIpc) is 3.23. The zero-order chi connectivity index (χ0) is 45.9. The zero-order valence-corrected chi connectivity index (χ0v) is 33.2. The van der Waals surface area contributed by atoms with Crippen LogP contribution in [-0.4, -0.2) is 275 Å². The molecule has 2 amide bonds. The predicted molar refractivity (Wildman–Crippen MR) is 190 cm³/mol. The minimum atomic E-state index is -2.18. The number of aliphatic hydroxyl groups is 15. The summed E-state index contributed by atoms with van der Waals surface area (Å²) in [7, 11) is 0. The topological polar surface area (TPSA) is 445 Å². The van der Waals surface area contributed by atoms with Gasteiger partial charge < -0.3 is 130 Å². The van der Waals surface area contributed by atoms with E-state index in [0.717, 1.165) is 13.8 Å². The molecule has 0 bridgehead atoms. The molecule has 5 aliphatic heterocycles. The highest BCUT2D eigenvalue weighted by atomic mass is 16.8. The molecule has 0 aliphatic carbocycles. The number of hydrogen-bond acceptors (Lipinski definition) is 26. The third-order valence-corrected chi connectivity index (χ3v) is 11.1. The lowest BCUT2D eigenvalue weighted by atomic mass is 9.94. The van der Waals surface area contributed by atoms with Crippen molar-refractivity contribution in [3.8, 4) is 0 Å². The molecule has 5 saturated heterocycles. The molecule has 0 aromatic heterocycles. The maximum Gasteiger partial charge on any atom is 0.217 e. The van der Waals surface area contributed by atoms with Crippen LogP contribution in [0.3, 0.4) is 0 Å². The van der Waals surface area contributed by atoms with Crippen molar-refractivity contribution in [2.75, 3.05) is 33.0 Å². The van der Waals surface area contributed by atoms with Gasteiger partial charge in [-0.15, -0.1) is 0 Å². The molecule has 0 aromatic carbocycles. The molecular weight excluding hydrogens is 852 g/mol. The first-order chi connectivity index (χ1) is 29.3. The Bertz CT molecular complexity index is 1440. The molecule has 0 aromatic rings. The standard InChI is InChI=1S/C34H58N2O26/c1-8(41)35-15-20(46)27(12(5-39)55-30(15)53)60-31-16(36-9(2)42)21(47)28(13(6-40)58-31)61-34-26(52)29(62-33-25(51)23(49)18(44)11(4-38)57-33)19(45)14(59-34)7-54-32-24(50)22(48)17(43)10(3-37)56-32/h10-34,37-40,43-53H,3-7H2,1-2H3,(H,35,41)(H,36,42)/t10-,11-,12-,13-,14-,15-,16-,17-,18-,19-,20-,21-,22+,23+,24+,25+,26+,27-,28-,29+,30-,31-,32+,33-,34-/m1/s1. The second-order valence-corrected chi connectivity index (χ2v) is 15.5. The highest BCUT2D eigenvalue weighted by Gasteiger charge is 2.56. The summed E-state index contributed by atoms with van der Waals surface area (Å²) in [4.78, 5) is 24.2. The lowest BCUT2D eigenvalue weighted by molar-refractivity contribution is -0.384. The summed E-state index contributed by atoms with van der Waals surface area (Å²) in [6.07, 6.45) is -42.3. The number of nitrogens with one attached hydrogen (secondary N) is 2. The van der Waals surface area contributed by atoms with Gasteiger partial charge in [0.05, 0.1) is 33.0 Å². The van der Waals surface area contributed by atoms with Gasteiger partial charge in [-0.25, -0.2) is 0 Å². The van der Waals surface area contributed by atoms with E-state index in [1.165, 1.54) is 0 Å². The molecule has 5 heterocycles. The van der Waals surface area contributed by atoms with Gasteiger partial charge in [-0.05, 0) is 0 Å². The van der Waals surface area contributed by atoms with Gasteiger partial charge >= 0.3 is 0 Å². The van der Waals surface area contributed by atoms with Gasteiger partial charge in [-0.2, -0.15) is 0 Å². The molecule has 62 heavy (non-hydrogen) atoms. The van der Waals surface area contributed by atoms with E-state index < -0.39 is 198 Å². The summed E-state index contributed by atoms with van der Waals surface area (Å²) in [6, 6.07) is -3.19. The number of carbonyl (C=O) groups excluding carboxylic acids is 2. The summed E-state index contributed by atoms with van der Waals surface area (Å²) < 4.78 is 50.8. The lowest BCUT2D eigenvalue weighted by Crippen LogP contribution is -2.70. The van der Waals surface area contributed by atoms with Gasteiger partial charge in [0.1, 0.15) is 122 Å². The molecule has 360 valence electrons. The normalized spacial score (nSPS) is 49.0. The Hall–Kier alpha value is -2.02. The maximum atomic E-state index is 12.4. The fourth-order valence-electron chi connectivity index (χ4n) is 7.73. The molecule has 17 N–H and O–H groups in total. The first kappa shape index (κ1) is 51.0. The third kappa shape index (κ3) is 11.0. The van der Waals surface area contributed by atoms with Gasteiger partial charge in [0, 0.05) is 13.8 Å². The fraction of sp³-hybridized carbons (Fsp3) is 0.941. The van der Waals surface area contributed by atoms with E-state index in [4.69, 9.17) is 42.6 Å². The molecule has 28 heteroatoms. The van der Waals surface area contributed by atoms with Crippen LogP contribution in [0.15, 0.2) is 0 Å². The van der Waals surface area contributed by atoms with E-state index in [1.54, 1.807) is 0 Å². The Morgan fingerprint density at radius 3 is 1.35 bits per heavy atom. The van der Waals surface area contributed by atoms with Crippen molar-refractivity contribution >= 4 is 11.8 Å². The van der Waals surface area contributed by atoms with Crippen molar-refractivity contribution in [3.05, 3.63) is 0 Å². The zero-order valence-electron chi connectivity index (χ0n) is 33.2. The van der Waals surface area contributed by atoms with E-state index in [0.29, 0.717) is 0 Å². The van der Waals surface area contributed by atoms with Gasteiger partial charge in [0.2, 0.25) is 11.8 Å². The molecule has 28 nitrogen and oxygen atoms in total. The highest BCUT2D eigenvalue weighted by Crippen LogP contribution is 2.35. The number of hydrogen-bond donors (Lipinski definition) is 17. The van der Waals surface area contributed by atoms with Crippen LogP contribution in [0.5, 0.6) is 0 Å². The quantitative estimate of drug-likeness (QED) is 0.0725. The van der Waals surface area contributed by atoms with Crippen molar-refractivity contribution in [3.63, 3.8) is 0 Å². The van der Waals surface area contributed by atoms with Gasteiger partial charge in [0.15, 0.2) is 31.5 Å². The highest BCUT2D eigenvalue weighted by molar-refractivity contribution is 5.73. The van der Waals surface area contributed by atoms with E-state index in [9.17, 15) is 86.2 Å². The number of aliphatic hydroxyl groups excluding tert-OH is 15. The minimum absolute atomic E-state index is 0.693. The molecule has 5 aliphatic rings. The second kappa shape index (κ2) is 22.0. The smallest absolute Gasteiger partial charge is 0.217 e. The minimum Gasteiger partial charge on any atom is -0.394 e. The lowest BCUT2D eigenvalue weighted by Gasteiger charge is -2.50. The van der Waals surface area contributed by atoms with E-state index in [1.807, 2.05) is 0 Å². The third-order valence-electron chi connectivity index (χ3n) is 11.1. The van der Waals surface area contributed by atoms with Crippen molar-refractivity contribution in [2.45, 2.75) is 167 Å². The van der Waals surface area contributed by atoms with Gasteiger partial charge in [-0.1, -0.05) is 0 Å². The summed E-state index contributed by atoms with van der Waals surface area (Å²) >= 11 is 0. The molecule has 0 saturated carbocycles. The Kier molecular flexibility index (Phi) is 18.1. The molecule has 5 rings (SSSR count). The van der Waals surface area contributed by atoms with Gasteiger partial charge in [0.25, 0.3) is 0 Å². The number of amides is 2. The monoisotopic (exact) mass is 910 g/mol. The summed E-state index contributed by atoms with van der Waals surface area (Å²) in [5.74, 6) is -1.49. The van der Waals surface area contributed by atoms with Crippen LogP contribution in [0.4, 0.5) is 0 Å². The van der Waals surface area contributed by atoms with Crippen LogP contribution in [0.1, 0.15) is 13.8 Å². The molecule has 0 spiro atoms. The van der Waals surface area contributed by atoms with Crippen molar-refractivity contribution in [2.24, 2.45) is 0 Å². The Morgan fingerprint density at radius 2 is 0.823 bits per heavy atom. The summed E-state index contributed by atoms with van der Waals surface area (Å²) in [5, 5.41) is 163. The summed E-state index contributed by atoms with van der Waals surface area (Å²) in [6.45, 7) is -2.31. The van der Waals surface area contributed by atoms with Crippen molar-refractivity contribution < 1.29 is 129 Å². The molecule has 25 atom stereocenters. The van der Waals surface area contributed by atoms with Crippen LogP contribution in [0, 0.1) is 0 Å². The number of carbonyl (C=O) groups is 2. The molecule has 5 fully saturated rings. The second-order valence-electron chi connectivity index (χ2n) is 15.5. The number of rotatable bonds is 15. The largest absolute Gasteiger partial charge is 0.394 e. The van der Waals surface area contributed by atoms with Gasteiger partial charge in [-0.3, -0.25) is 9.59 Å². The Labute approximate surface area is 351 Å². The van der Waals surface area contributed by atoms with Crippen LogP contribution in [0.25, 0.3) is 0 Å². The first-order valence-corrected chi connectivity index (χ1v) is 19.6. The van der Waals surface area contributed by atoms with E-state index in [2.05, 4.69) is 10.6 Å². The average molecular weight is 911 g/mol. The first-order valence-electron chi connectivity index (χ1n) is 19.6. The fourth-order valence-corrected chi connectivity index (χ4v) is 7.73. The number of ether oxygens (including phenoxy) is 9. The van der Waals surface area contributed by atoms with Crippen LogP contribution in [-0.2, 0) is 52.2 Å². The maximum absolute atomic E-state index is 12.4.